The highest BCUT2D eigenvalue weighted by Gasteiger charge is 2.23. The molecule has 7 nitrogen and oxygen atoms in total. The van der Waals surface area contributed by atoms with Crippen molar-refractivity contribution in [1.29, 1.82) is 0 Å². The number of amides is 2. The van der Waals surface area contributed by atoms with Crippen LogP contribution in [0.4, 0.5) is 0 Å². The van der Waals surface area contributed by atoms with E-state index in [4.69, 9.17) is 32.7 Å². The quantitative estimate of drug-likeness (QED) is 0.190. The van der Waals surface area contributed by atoms with Crippen molar-refractivity contribution >= 4 is 45.9 Å². The number of nitrogens with one attached hydrogen (secondary N) is 1. The van der Waals surface area contributed by atoms with Gasteiger partial charge >= 0.3 is 0 Å². The van der Waals surface area contributed by atoms with E-state index < -0.39 is 0 Å². The molecule has 0 radical (unpaired) electrons. The normalized spacial score (nSPS) is 11.0. The number of rotatable bonds is 13. The molecule has 1 N–H and O–H groups in total. The van der Waals surface area contributed by atoms with Crippen molar-refractivity contribution in [2.45, 2.75) is 19.4 Å². The van der Waals surface area contributed by atoms with Gasteiger partial charge in [0, 0.05) is 56.0 Å². The topological polar surface area (TPSA) is 74.9 Å². The third kappa shape index (κ3) is 7.56. The van der Waals surface area contributed by atoms with Gasteiger partial charge in [-0.2, -0.15) is 0 Å². The SMILES string of the molecule is COCCCN(CC(=O)N(CCc1c[nH]c2ccccc12)Cc1ccc(Cl)c(Cl)c1)C(=O)c1ccc(OC)cc1. The lowest BCUT2D eigenvalue weighted by Gasteiger charge is -2.28. The van der Waals surface area contributed by atoms with Crippen LogP contribution >= 0.6 is 23.2 Å². The zero-order valence-corrected chi connectivity index (χ0v) is 24.2. The van der Waals surface area contributed by atoms with E-state index in [1.54, 1.807) is 60.4 Å². The summed E-state index contributed by atoms with van der Waals surface area (Å²) < 4.78 is 10.4. The number of aromatic nitrogens is 1. The molecule has 0 aliphatic heterocycles. The van der Waals surface area contributed by atoms with Crippen molar-refractivity contribution in [3.8, 4) is 5.75 Å². The summed E-state index contributed by atoms with van der Waals surface area (Å²) in [5, 5.41) is 2.01. The summed E-state index contributed by atoms with van der Waals surface area (Å²) in [6, 6.07) is 20.3. The number of aromatic amines is 1. The zero-order valence-electron chi connectivity index (χ0n) is 22.7. The van der Waals surface area contributed by atoms with E-state index in [0.29, 0.717) is 60.4 Å². The van der Waals surface area contributed by atoms with E-state index in [9.17, 15) is 9.59 Å². The second kappa shape index (κ2) is 14.2. The number of methoxy groups -OCH3 is 2. The van der Waals surface area contributed by atoms with Crippen LogP contribution < -0.4 is 4.74 Å². The third-order valence-electron chi connectivity index (χ3n) is 6.76. The van der Waals surface area contributed by atoms with Gasteiger partial charge in [-0.05, 0) is 66.4 Å². The lowest BCUT2D eigenvalue weighted by atomic mass is 10.1. The first kappa shape index (κ1) is 29.5. The Kier molecular flexibility index (Phi) is 10.5. The van der Waals surface area contributed by atoms with Gasteiger partial charge in [0.15, 0.2) is 0 Å². The van der Waals surface area contributed by atoms with Crippen LogP contribution in [0.15, 0.2) is 72.9 Å². The van der Waals surface area contributed by atoms with E-state index in [2.05, 4.69) is 11.1 Å². The number of ether oxygens (including phenoxy) is 2. The molecule has 1 heterocycles. The Labute approximate surface area is 244 Å². The number of nitrogens with zero attached hydrogens (tertiary/aromatic N) is 2. The van der Waals surface area contributed by atoms with E-state index in [1.165, 1.54) is 0 Å². The number of para-hydroxylation sites is 1. The molecule has 4 rings (SSSR count). The van der Waals surface area contributed by atoms with Crippen molar-refractivity contribution in [2.75, 3.05) is 40.5 Å². The maximum atomic E-state index is 13.8. The Hall–Kier alpha value is -3.52. The summed E-state index contributed by atoms with van der Waals surface area (Å²) >= 11 is 12.4. The summed E-state index contributed by atoms with van der Waals surface area (Å²) in [4.78, 5) is 33.9. The van der Waals surface area contributed by atoms with Gasteiger partial charge in [0.2, 0.25) is 5.91 Å². The van der Waals surface area contributed by atoms with Crippen molar-refractivity contribution in [3.63, 3.8) is 0 Å². The molecular weight excluding hydrogens is 549 g/mol. The average Bonchev–Trinajstić information content (AvgIpc) is 3.39. The maximum absolute atomic E-state index is 13.8. The predicted octanol–water partition coefficient (Wildman–Crippen LogP) is 6.23. The minimum atomic E-state index is -0.224. The Bertz CT molecular complexity index is 1440. The van der Waals surface area contributed by atoms with Crippen LogP contribution in [0, 0.1) is 0 Å². The molecule has 1 aromatic heterocycles. The van der Waals surface area contributed by atoms with Gasteiger partial charge in [-0.1, -0.05) is 47.5 Å². The van der Waals surface area contributed by atoms with Crippen LogP contribution in [0.25, 0.3) is 10.9 Å². The fourth-order valence-corrected chi connectivity index (χ4v) is 4.90. The summed E-state index contributed by atoms with van der Waals surface area (Å²) in [5.41, 5.74) is 3.51. The number of hydrogen-bond donors (Lipinski definition) is 1. The molecule has 0 spiro atoms. The monoisotopic (exact) mass is 581 g/mol. The first-order valence-corrected chi connectivity index (χ1v) is 13.8. The molecule has 2 amide bonds. The lowest BCUT2D eigenvalue weighted by Crippen LogP contribution is -2.44. The smallest absolute Gasteiger partial charge is 0.254 e. The Morgan fingerprint density at radius 1 is 0.900 bits per heavy atom. The van der Waals surface area contributed by atoms with Crippen molar-refractivity contribution in [3.05, 3.63) is 99.7 Å². The molecular formula is C31H33Cl2N3O4. The van der Waals surface area contributed by atoms with Crippen LogP contribution in [0.1, 0.15) is 27.9 Å². The Morgan fingerprint density at radius 3 is 2.40 bits per heavy atom. The molecule has 0 saturated carbocycles. The minimum Gasteiger partial charge on any atom is -0.497 e. The number of benzene rings is 3. The first-order chi connectivity index (χ1) is 19.4. The van der Waals surface area contributed by atoms with Gasteiger partial charge < -0.3 is 24.3 Å². The molecule has 0 aliphatic rings. The van der Waals surface area contributed by atoms with E-state index >= 15 is 0 Å². The Balaban J connectivity index is 1.55. The van der Waals surface area contributed by atoms with Gasteiger partial charge in [0.1, 0.15) is 12.3 Å². The molecule has 0 saturated heterocycles. The fourth-order valence-electron chi connectivity index (χ4n) is 4.58. The van der Waals surface area contributed by atoms with E-state index in [1.807, 2.05) is 30.5 Å². The van der Waals surface area contributed by atoms with Gasteiger partial charge in [-0.3, -0.25) is 9.59 Å². The number of H-pyrrole nitrogens is 1. The van der Waals surface area contributed by atoms with Gasteiger partial charge in [-0.15, -0.1) is 0 Å². The van der Waals surface area contributed by atoms with Crippen molar-refractivity contribution < 1.29 is 19.1 Å². The molecule has 0 aliphatic carbocycles. The molecule has 0 unspecified atom stereocenters. The van der Waals surface area contributed by atoms with E-state index in [0.717, 1.165) is 22.0 Å². The average molecular weight is 583 g/mol. The van der Waals surface area contributed by atoms with Crippen LogP contribution in [-0.4, -0.2) is 67.1 Å². The molecule has 210 valence electrons. The van der Waals surface area contributed by atoms with Gasteiger partial charge in [-0.25, -0.2) is 0 Å². The Morgan fingerprint density at radius 2 is 1.68 bits per heavy atom. The predicted molar refractivity (Wildman–Crippen MR) is 159 cm³/mol. The molecule has 0 fully saturated rings. The summed E-state index contributed by atoms with van der Waals surface area (Å²) in [7, 11) is 3.19. The molecule has 0 atom stereocenters. The van der Waals surface area contributed by atoms with Crippen molar-refractivity contribution in [1.82, 2.24) is 14.8 Å². The largest absolute Gasteiger partial charge is 0.497 e. The first-order valence-electron chi connectivity index (χ1n) is 13.1. The molecule has 3 aromatic carbocycles. The lowest BCUT2D eigenvalue weighted by molar-refractivity contribution is -0.132. The second-order valence-corrected chi connectivity index (χ2v) is 10.3. The van der Waals surface area contributed by atoms with Crippen LogP contribution in [-0.2, 0) is 22.5 Å². The van der Waals surface area contributed by atoms with Crippen LogP contribution in [0.3, 0.4) is 0 Å². The molecule has 4 aromatic rings. The third-order valence-corrected chi connectivity index (χ3v) is 7.50. The number of halogens is 2. The van der Waals surface area contributed by atoms with Crippen LogP contribution in [0.2, 0.25) is 10.0 Å². The maximum Gasteiger partial charge on any atom is 0.254 e. The summed E-state index contributed by atoms with van der Waals surface area (Å²) in [6.07, 6.45) is 3.23. The highest BCUT2D eigenvalue weighted by atomic mass is 35.5. The molecule has 0 bridgehead atoms. The highest BCUT2D eigenvalue weighted by molar-refractivity contribution is 6.42. The minimum absolute atomic E-state index is 0.0657. The number of fused-ring (bicyclic) bond motifs is 1. The number of carbonyl (C=O) groups excluding carboxylic acids is 2. The highest BCUT2D eigenvalue weighted by Crippen LogP contribution is 2.24. The number of hydrogen-bond acceptors (Lipinski definition) is 4. The zero-order chi connectivity index (χ0) is 28.5. The number of carbonyl (C=O) groups is 2. The van der Waals surface area contributed by atoms with Crippen molar-refractivity contribution in [2.24, 2.45) is 0 Å². The van der Waals surface area contributed by atoms with E-state index in [-0.39, 0.29) is 18.4 Å². The summed E-state index contributed by atoms with van der Waals surface area (Å²) in [6.45, 7) is 1.59. The van der Waals surface area contributed by atoms with Crippen LogP contribution in [0.5, 0.6) is 5.75 Å². The molecule has 9 heteroatoms. The van der Waals surface area contributed by atoms with Gasteiger partial charge in [0.25, 0.3) is 5.91 Å². The fraction of sp³-hybridized carbons (Fsp3) is 0.290. The second-order valence-electron chi connectivity index (χ2n) is 9.47. The van der Waals surface area contributed by atoms with Gasteiger partial charge in [0.05, 0.1) is 17.2 Å². The standard InChI is InChI=1S/C31H33Cl2N3O4/c1-39-17-5-15-36(31(38)23-9-11-25(40-2)12-10-23)21-30(37)35(20-22-8-13-27(32)28(33)18-22)16-14-24-19-34-29-7-4-3-6-26(24)29/h3-4,6-13,18-19,34H,5,14-17,20-21H2,1-2H3. The molecule has 40 heavy (non-hydrogen) atoms. The summed E-state index contributed by atoms with van der Waals surface area (Å²) in [5.74, 6) is 0.270.